The van der Waals surface area contributed by atoms with E-state index in [1.807, 2.05) is 18.7 Å². The van der Waals surface area contributed by atoms with Crippen molar-refractivity contribution in [3.63, 3.8) is 0 Å². The zero-order chi connectivity index (χ0) is 19.1. The number of hydrogen-bond acceptors (Lipinski definition) is 5. The lowest BCUT2D eigenvalue weighted by Crippen LogP contribution is -2.52. The number of hydrogen-bond donors (Lipinski definition) is 1. The molecule has 1 heterocycles. The summed E-state index contributed by atoms with van der Waals surface area (Å²) in [5, 5.41) is 11.9. The van der Waals surface area contributed by atoms with E-state index < -0.39 is 0 Å². The summed E-state index contributed by atoms with van der Waals surface area (Å²) in [4.78, 5) is 16.7. The lowest BCUT2D eigenvalue weighted by Gasteiger charge is -2.35. The van der Waals surface area contributed by atoms with E-state index in [0.717, 1.165) is 37.2 Å². The van der Waals surface area contributed by atoms with Crippen molar-refractivity contribution in [2.24, 2.45) is 0 Å². The number of halogens is 1. The van der Waals surface area contributed by atoms with Gasteiger partial charge < -0.3 is 9.64 Å². The molecule has 0 spiro atoms. The maximum Gasteiger partial charge on any atom is 0.257 e. The largest absolute Gasteiger partial charge is 0.490 e. The zero-order valence-electron chi connectivity index (χ0n) is 15.0. The van der Waals surface area contributed by atoms with Crippen LogP contribution in [-0.2, 0) is 0 Å². The molecule has 0 aliphatic carbocycles. The fourth-order valence-electron chi connectivity index (χ4n) is 2.62. The van der Waals surface area contributed by atoms with Gasteiger partial charge in [0.1, 0.15) is 5.75 Å². The molecule has 140 valence electrons. The molecule has 1 fully saturated rings. The first-order valence-electron chi connectivity index (χ1n) is 8.56. The second-order valence-corrected chi connectivity index (χ2v) is 7.55. The Balaban J connectivity index is 1.88. The number of amides is 1. The van der Waals surface area contributed by atoms with Crippen molar-refractivity contribution in [1.82, 2.24) is 15.1 Å². The summed E-state index contributed by atoms with van der Waals surface area (Å²) < 4.78 is 6.39. The molecular formula is C18H23BrN4O2S. The Morgan fingerprint density at radius 3 is 2.65 bits per heavy atom. The SMILES string of the molecule is CC(C)Oc1ccc(C(=O)NC(=S)N2CCN(CCC#N)CC2)cc1Br. The molecule has 1 aliphatic heterocycles. The van der Waals surface area contributed by atoms with Crippen LogP contribution in [0.25, 0.3) is 0 Å². The van der Waals surface area contributed by atoms with E-state index in [4.69, 9.17) is 22.2 Å². The molecular weight excluding hydrogens is 416 g/mol. The van der Waals surface area contributed by atoms with E-state index in [2.05, 4.69) is 32.2 Å². The fraction of sp³-hybridized carbons (Fsp3) is 0.500. The number of carbonyl (C=O) groups excluding carboxylic acids is 1. The van der Waals surface area contributed by atoms with Gasteiger partial charge in [-0.1, -0.05) is 0 Å². The Kier molecular flexibility index (Phi) is 7.82. The van der Waals surface area contributed by atoms with Crippen LogP contribution in [-0.4, -0.2) is 59.6 Å². The number of nitrogens with zero attached hydrogens (tertiary/aromatic N) is 3. The average molecular weight is 439 g/mol. The van der Waals surface area contributed by atoms with Crippen LogP contribution >= 0.6 is 28.1 Å². The third-order valence-electron chi connectivity index (χ3n) is 3.98. The normalized spacial score (nSPS) is 14.8. The van der Waals surface area contributed by atoms with Crippen LogP contribution in [0.15, 0.2) is 22.7 Å². The summed E-state index contributed by atoms with van der Waals surface area (Å²) in [6.45, 7) is 7.85. The monoisotopic (exact) mass is 438 g/mol. The Hall–Kier alpha value is -1.69. The molecule has 0 radical (unpaired) electrons. The number of rotatable bonds is 5. The van der Waals surface area contributed by atoms with Gasteiger partial charge in [0.05, 0.1) is 16.6 Å². The molecule has 6 nitrogen and oxygen atoms in total. The molecule has 1 N–H and O–H groups in total. The van der Waals surface area contributed by atoms with Gasteiger partial charge in [0.2, 0.25) is 0 Å². The number of thiocarbonyl (C=S) groups is 1. The van der Waals surface area contributed by atoms with E-state index in [0.29, 0.717) is 22.8 Å². The minimum Gasteiger partial charge on any atom is -0.490 e. The quantitative estimate of drug-likeness (QED) is 0.712. The van der Waals surface area contributed by atoms with Crippen LogP contribution < -0.4 is 10.1 Å². The number of carbonyl (C=O) groups is 1. The molecule has 1 aromatic carbocycles. The molecule has 0 unspecified atom stereocenters. The van der Waals surface area contributed by atoms with Gasteiger partial charge in [-0.2, -0.15) is 5.26 Å². The van der Waals surface area contributed by atoms with Gasteiger partial charge >= 0.3 is 0 Å². The summed E-state index contributed by atoms with van der Waals surface area (Å²) in [6.07, 6.45) is 0.595. The third kappa shape index (κ3) is 5.94. The Bertz CT molecular complexity index is 697. The Morgan fingerprint density at radius 1 is 1.38 bits per heavy atom. The number of benzene rings is 1. The first kappa shape index (κ1) is 20.6. The highest BCUT2D eigenvalue weighted by Crippen LogP contribution is 2.27. The second-order valence-electron chi connectivity index (χ2n) is 6.31. The van der Waals surface area contributed by atoms with E-state index in [1.165, 1.54) is 0 Å². The fourth-order valence-corrected chi connectivity index (χ4v) is 3.37. The van der Waals surface area contributed by atoms with E-state index in [1.54, 1.807) is 18.2 Å². The van der Waals surface area contributed by atoms with Crippen molar-refractivity contribution in [3.8, 4) is 11.8 Å². The third-order valence-corrected chi connectivity index (χ3v) is 4.96. The van der Waals surface area contributed by atoms with Gasteiger partial charge in [-0.25, -0.2) is 0 Å². The smallest absolute Gasteiger partial charge is 0.257 e. The molecule has 2 rings (SSSR count). The van der Waals surface area contributed by atoms with Crippen molar-refractivity contribution in [1.29, 1.82) is 5.26 Å². The molecule has 1 aliphatic rings. The number of piperazine rings is 1. The van der Waals surface area contributed by atoms with Crippen molar-refractivity contribution < 1.29 is 9.53 Å². The zero-order valence-corrected chi connectivity index (χ0v) is 17.4. The maximum absolute atomic E-state index is 12.5. The van der Waals surface area contributed by atoms with Gasteiger partial charge in [0.25, 0.3) is 5.91 Å². The van der Waals surface area contributed by atoms with E-state index in [-0.39, 0.29) is 12.0 Å². The molecule has 0 bridgehead atoms. The van der Waals surface area contributed by atoms with Gasteiger partial charge in [-0.3, -0.25) is 15.0 Å². The van der Waals surface area contributed by atoms with Crippen LogP contribution in [0.2, 0.25) is 0 Å². The summed E-state index contributed by atoms with van der Waals surface area (Å²) in [5.74, 6) is 0.464. The highest BCUT2D eigenvalue weighted by molar-refractivity contribution is 9.10. The van der Waals surface area contributed by atoms with E-state index >= 15 is 0 Å². The molecule has 8 heteroatoms. The van der Waals surface area contributed by atoms with E-state index in [9.17, 15) is 4.79 Å². The van der Waals surface area contributed by atoms with Crippen LogP contribution in [0.4, 0.5) is 0 Å². The van der Waals surface area contributed by atoms with Gasteiger partial charge in [-0.05, 0) is 60.2 Å². The van der Waals surface area contributed by atoms with Crippen molar-refractivity contribution in [3.05, 3.63) is 28.2 Å². The Morgan fingerprint density at radius 2 is 2.08 bits per heavy atom. The predicted molar refractivity (Wildman–Crippen MR) is 108 cm³/mol. The standard InChI is InChI=1S/C18H23BrN4O2S/c1-13(2)25-16-5-4-14(12-15(16)19)17(24)21-18(26)23-10-8-22(9-11-23)7-3-6-20/h4-5,12-13H,3,7-11H2,1-2H3,(H,21,24,26). The summed E-state index contributed by atoms with van der Waals surface area (Å²) in [7, 11) is 0. The van der Waals surface area contributed by atoms with Crippen LogP contribution in [0.1, 0.15) is 30.6 Å². The van der Waals surface area contributed by atoms with Crippen LogP contribution in [0.3, 0.4) is 0 Å². The molecule has 26 heavy (non-hydrogen) atoms. The summed E-state index contributed by atoms with van der Waals surface area (Å²) >= 11 is 8.82. The number of ether oxygens (including phenoxy) is 1. The van der Waals surface area contributed by atoms with Crippen LogP contribution in [0.5, 0.6) is 5.75 Å². The lowest BCUT2D eigenvalue weighted by atomic mass is 10.2. The summed E-state index contributed by atoms with van der Waals surface area (Å²) in [5.41, 5.74) is 0.517. The lowest BCUT2D eigenvalue weighted by molar-refractivity contribution is 0.0969. The maximum atomic E-state index is 12.5. The van der Waals surface area contributed by atoms with Gasteiger partial charge in [0.15, 0.2) is 5.11 Å². The molecule has 0 saturated carbocycles. The molecule has 1 aromatic rings. The van der Waals surface area contributed by atoms with Crippen molar-refractivity contribution in [2.45, 2.75) is 26.4 Å². The molecule has 0 aromatic heterocycles. The number of nitrogens with one attached hydrogen (secondary N) is 1. The van der Waals surface area contributed by atoms with Crippen molar-refractivity contribution >= 4 is 39.2 Å². The van der Waals surface area contributed by atoms with Crippen molar-refractivity contribution in [2.75, 3.05) is 32.7 Å². The molecule has 1 saturated heterocycles. The van der Waals surface area contributed by atoms with Crippen LogP contribution in [0, 0.1) is 11.3 Å². The molecule has 0 atom stereocenters. The average Bonchev–Trinajstić information content (AvgIpc) is 2.61. The van der Waals surface area contributed by atoms with Gasteiger partial charge in [0, 0.05) is 44.7 Å². The van der Waals surface area contributed by atoms with Gasteiger partial charge in [-0.15, -0.1) is 0 Å². The first-order valence-corrected chi connectivity index (χ1v) is 9.76. The minimum atomic E-state index is -0.237. The topological polar surface area (TPSA) is 68.6 Å². The Labute approximate surface area is 168 Å². The minimum absolute atomic E-state index is 0.0605. The summed E-state index contributed by atoms with van der Waals surface area (Å²) in [6, 6.07) is 7.39. The molecule has 1 amide bonds. The highest BCUT2D eigenvalue weighted by Gasteiger charge is 2.20. The first-order chi connectivity index (χ1) is 12.4. The number of nitriles is 1. The second kappa shape index (κ2) is 9.86. The predicted octanol–water partition coefficient (Wildman–Crippen LogP) is 2.78. The highest BCUT2D eigenvalue weighted by atomic mass is 79.9.